The molecule has 0 saturated carbocycles. The van der Waals surface area contributed by atoms with Crippen molar-refractivity contribution in [3.8, 4) is 0 Å². The van der Waals surface area contributed by atoms with Crippen LogP contribution in [0.1, 0.15) is 11.7 Å². The van der Waals surface area contributed by atoms with E-state index in [0.717, 1.165) is 44.9 Å². The molecule has 0 bridgehead atoms. The van der Waals surface area contributed by atoms with Crippen LogP contribution in [0.25, 0.3) is 11.0 Å². The van der Waals surface area contributed by atoms with Gasteiger partial charge in [0.05, 0.1) is 17.8 Å². The molecule has 1 fully saturated rings. The van der Waals surface area contributed by atoms with Gasteiger partial charge in [0.2, 0.25) is 0 Å². The van der Waals surface area contributed by atoms with Gasteiger partial charge in [-0.15, -0.1) is 0 Å². The normalized spacial score (nSPS) is 18.1. The highest BCUT2D eigenvalue weighted by Crippen LogP contribution is 2.30. The smallest absolute Gasteiger partial charge is 0.112 e. The van der Waals surface area contributed by atoms with Crippen molar-refractivity contribution in [3.63, 3.8) is 0 Å². The number of benzene rings is 1. The quantitative estimate of drug-likeness (QED) is 0.624. The average Bonchev–Trinajstić information content (AvgIpc) is 2.61. The maximum absolute atomic E-state index is 5.98. The summed E-state index contributed by atoms with van der Waals surface area (Å²) < 4.78 is 6.89. The molecule has 1 aliphatic rings. The largest absolute Gasteiger partial charge is 0.370 e. The van der Waals surface area contributed by atoms with Gasteiger partial charge in [0.1, 0.15) is 11.6 Å². The van der Waals surface area contributed by atoms with Crippen LogP contribution in [0.5, 0.6) is 0 Å². The van der Waals surface area contributed by atoms with Crippen molar-refractivity contribution in [2.75, 3.05) is 24.6 Å². The van der Waals surface area contributed by atoms with Gasteiger partial charge in [-0.3, -0.25) is 9.97 Å². The Bertz CT molecular complexity index is 872. The summed E-state index contributed by atoms with van der Waals surface area (Å²) in [5, 5.41) is 0.737. The molecule has 1 unspecified atom stereocenters. The first kappa shape index (κ1) is 15.8. The van der Waals surface area contributed by atoms with Crippen molar-refractivity contribution in [2.45, 2.75) is 6.10 Å². The minimum absolute atomic E-state index is 0.0229. The Morgan fingerprint density at radius 2 is 2.00 bits per heavy atom. The van der Waals surface area contributed by atoms with Gasteiger partial charge >= 0.3 is 0 Å². The molecule has 0 spiro atoms. The molecule has 4 nitrogen and oxygen atoms in total. The zero-order valence-corrected chi connectivity index (χ0v) is 15.2. The van der Waals surface area contributed by atoms with E-state index < -0.39 is 0 Å². The van der Waals surface area contributed by atoms with Crippen molar-refractivity contribution in [2.24, 2.45) is 0 Å². The lowest BCUT2D eigenvalue weighted by Gasteiger charge is -2.35. The van der Waals surface area contributed by atoms with Crippen LogP contribution in [0.3, 0.4) is 0 Å². The number of rotatable bonds is 2. The number of pyridine rings is 2. The summed E-state index contributed by atoms with van der Waals surface area (Å²) in [7, 11) is 0. The lowest BCUT2D eigenvalue weighted by molar-refractivity contribution is 0.0399. The summed E-state index contributed by atoms with van der Waals surface area (Å²) in [6.07, 6.45) is 3.66. The summed E-state index contributed by atoms with van der Waals surface area (Å²) in [4.78, 5) is 11.3. The minimum Gasteiger partial charge on any atom is -0.370 e. The topological polar surface area (TPSA) is 38.2 Å². The fourth-order valence-electron chi connectivity index (χ4n) is 2.99. The molecule has 122 valence electrons. The van der Waals surface area contributed by atoms with Gasteiger partial charge in [-0.2, -0.15) is 0 Å². The summed E-state index contributed by atoms with van der Waals surface area (Å²) in [6.45, 7) is 2.28. The lowest BCUT2D eigenvalue weighted by atomic mass is 10.1. The Balaban J connectivity index is 1.66. The number of morpholine rings is 1. The lowest BCUT2D eigenvalue weighted by Crippen LogP contribution is -2.38. The molecule has 24 heavy (non-hydrogen) atoms. The Morgan fingerprint density at radius 1 is 1.17 bits per heavy atom. The van der Waals surface area contributed by atoms with Gasteiger partial charge in [-0.1, -0.05) is 23.7 Å². The predicted octanol–water partition coefficient (Wildman–Crippen LogP) is 4.62. The molecule has 0 amide bonds. The maximum atomic E-state index is 5.98. The highest BCUT2D eigenvalue weighted by Gasteiger charge is 2.23. The van der Waals surface area contributed by atoms with Gasteiger partial charge < -0.3 is 9.64 Å². The number of fused-ring (bicyclic) bond motifs is 1. The summed E-state index contributed by atoms with van der Waals surface area (Å²) in [5.74, 6) is 0. The first-order valence-electron chi connectivity index (χ1n) is 7.73. The molecule has 2 aromatic heterocycles. The standard InChI is InChI=1S/C18H15BrClN3O/c19-13-9-15-18(22-10-13)16(5-6-21-15)23-7-8-24-17(11-23)12-1-3-14(20)4-2-12/h1-6,9-10,17H,7-8,11H2. The maximum Gasteiger partial charge on any atom is 0.112 e. The summed E-state index contributed by atoms with van der Waals surface area (Å²) in [5.41, 5.74) is 4.03. The average molecular weight is 405 g/mol. The van der Waals surface area contributed by atoms with E-state index in [-0.39, 0.29) is 6.10 Å². The molecular formula is C18H15BrClN3O. The van der Waals surface area contributed by atoms with Gasteiger partial charge in [0.25, 0.3) is 0 Å². The van der Waals surface area contributed by atoms with E-state index in [9.17, 15) is 0 Å². The molecule has 6 heteroatoms. The van der Waals surface area contributed by atoms with Crippen LogP contribution in [0.2, 0.25) is 5.02 Å². The third-order valence-corrected chi connectivity index (χ3v) is 4.86. The van der Waals surface area contributed by atoms with Crippen LogP contribution < -0.4 is 4.90 Å². The van der Waals surface area contributed by atoms with Crippen molar-refractivity contribution in [3.05, 3.63) is 63.9 Å². The van der Waals surface area contributed by atoms with Crippen LogP contribution in [0.4, 0.5) is 5.69 Å². The van der Waals surface area contributed by atoms with Crippen LogP contribution in [0, 0.1) is 0 Å². The second-order valence-electron chi connectivity index (χ2n) is 5.71. The second-order valence-corrected chi connectivity index (χ2v) is 7.06. The van der Waals surface area contributed by atoms with Gasteiger partial charge in [-0.25, -0.2) is 0 Å². The molecule has 0 radical (unpaired) electrons. The first-order chi connectivity index (χ1) is 11.7. The molecule has 4 rings (SSSR count). The van der Waals surface area contributed by atoms with E-state index in [1.807, 2.05) is 48.8 Å². The zero-order valence-electron chi connectivity index (χ0n) is 12.8. The molecule has 3 aromatic rings. The van der Waals surface area contributed by atoms with Crippen LogP contribution in [-0.4, -0.2) is 29.7 Å². The van der Waals surface area contributed by atoms with E-state index in [4.69, 9.17) is 16.3 Å². The number of hydrogen-bond donors (Lipinski definition) is 0. The monoisotopic (exact) mass is 403 g/mol. The van der Waals surface area contributed by atoms with Gasteiger partial charge in [0, 0.05) is 35.0 Å². The number of hydrogen-bond acceptors (Lipinski definition) is 4. The third-order valence-electron chi connectivity index (χ3n) is 4.17. The predicted molar refractivity (Wildman–Crippen MR) is 99.6 cm³/mol. The molecule has 1 atom stereocenters. The van der Waals surface area contributed by atoms with E-state index in [1.165, 1.54) is 0 Å². The Hall–Kier alpha value is -1.69. The van der Waals surface area contributed by atoms with Crippen molar-refractivity contribution in [1.29, 1.82) is 0 Å². The molecule has 1 aliphatic heterocycles. The Morgan fingerprint density at radius 3 is 2.83 bits per heavy atom. The van der Waals surface area contributed by atoms with Crippen LogP contribution >= 0.6 is 27.5 Å². The zero-order chi connectivity index (χ0) is 16.5. The molecule has 0 aliphatic carbocycles. The van der Waals surface area contributed by atoms with Crippen molar-refractivity contribution in [1.82, 2.24) is 9.97 Å². The fraction of sp³-hybridized carbons (Fsp3) is 0.222. The molecule has 1 saturated heterocycles. The molecular weight excluding hydrogens is 390 g/mol. The van der Waals surface area contributed by atoms with E-state index in [2.05, 4.69) is 30.8 Å². The summed E-state index contributed by atoms with van der Waals surface area (Å²) >= 11 is 9.44. The van der Waals surface area contributed by atoms with Gasteiger partial charge in [-0.05, 0) is 45.8 Å². The van der Waals surface area contributed by atoms with Gasteiger partial charge in [0.15, 0.2) is 0 Å². The number of anilines is 1. The van der Waals surface area contributed by atoms with E-state index in [1.54, 1.807) is 0 Å². The number of halogens is 2. The number of aromatic nitrogens is 2. The highest BCUT2D eigenvalue weighted by atomic mass is 79.9. The first-order valence-corrected chi connectivity index (χ1v) is 8.90. The fourth-order valence-corrected chi connectivity index (χ4v) is 3.44. The molecule has 3 heterocycles. The van der Waals surface area contributed by atoms with E-state index in [0.29, 0.717) is 6.61 Å². The van der Waals surface area contributed by atoms with Crippen LogP contribution in [-0.2, 0) is 4.74 Å². The Kier molecular flexibility index (Phi) is 4.39. The third kappa shape index (κ3) is 3.11. The minimum atomic E-state index is 0.0229. The van der Waals surface area contributed by atoms with E-state index >= 15 is 0 Å². The number of ether oxygens (including phenoxy) is 1. The SMILES string of the molecule is Clc1ccc(C2CN(c3ccnc4cc(Br)cnc34)CCO2)cc1. The summed E-state index contributed by atoms with van der Waals surface area (Å²) in [6, 6.07) is 11.9. The number of nitrogens with zero attached hydrogens (tertiary/aromatic N) is 3. The second kappa shape index (κ2) is 6.67. The molecule has 1 aromatic carbocycles. The highest BCUT2D eigenvalue weighted by molar-refractivity contribution is 9.10. The van der Waals surface area contributed by atoms with Crippen molar-refractivity contribution >= 4 is 44.3 Å². The van der Waals surface area contributed by atoms with Crippen molar-refractivity contribution < 1.29 is 4.74 Å². The van der Waals surface area contributed by atoms with Crippen LogP contribution in [0.15, 0.2) is 53.3 Å². The Labute approximate surface area is 153 Å². The molecule has 0 N–H and O–H groups in total.